The summed E-state index contributed by atoms with van der Waals surface area (Å²) in [6.45, 7) is 3.17. The Morgan fingerprint density at radius 2 is 2.15 bits per heavy atom. The Morgan fingerprint density at radius 3 is 2.70 bits per heavy atom. The molecule has 0 aromatic carbocycles. The number of amides is 1. The summed E-state index contributed by atoms with van der Waals surface area (Å²) in [4.78, 5) is 16.5. The largest absolute Gasteiger partial charge is 0.381 e. The third-order valence-electron chi connectivity index (χ3n) is 3.70. The Kier molecular flexibility index (Phi) is 4.86. The van der Waals surface area contributed by atoms with Crippen molar-refractivity contribution in [2.75, 3.05) is 25.1 Å². The van der Waals surface area contributed by atoms with Gasteiger partial charge < -0.3 is 15.8 Å². The van der Waals surface area contributed by atoms with Crippen LogP contribution in [0, 0.1) is 12.3 Å². The number of rotatable bonds is 3. The third kappa shape index (κ3) is 3.06. The Hall–Kier alpha value is -0.880. The maximum Gasteiger partial charge on any atom is 0.232 e. The number of nitrogens with one attached hydrogen (secondary N) is 1. The number of nitrogens with zero attached hydrogens (tertiary/aromatic N) is 1. The topological polar surface area (TPSA) is 77.2 Å². The first-order chi connectivity index (χ1) is 9.48. The van der Waals surface area contributed by atoms with Gasteiger partial charge in [-0.05, 0) is 31.4 Å². The van der Waals surface area contributed by atoms with Crippen molar-refractivity contribution in [2.45, 2.75) is 19.8 Å². The van der Waals surface area contributed by atoms with Gasteiger partial charge in [-0.25, -0.2) is 4.98 Å². The van der Waals surface area contributed by atoms with E-state index in [0.717, 1.165) is 5.56 Å². The summed E-state index contributed by atoms with van der Waals surface area (Å²) in [6.07, 6.45) is 1.21. The lowest BCUT2D eigenvalue weighted by Crippen LogP contribution is -2.46. The molecule has 1 aliphatic heterocycles. The van der Waals surface area contributed by atoms with E-state index in [1.807, 2.05) is 6.92 Å². The number of hydrogen-bond acceptors (Lipinski definition) is 4. The zero-order chi connectivity index (χ0) is 14.8. The standard InChI is InChI=1S/C13H17Cl2N3O2/c1-8-6-9(14)17-11(15)10(8)18-12(19)13(7-16)2-4-20-5-3-13/h6H,2-5,7,16H2,1H3,(H,18,19). The van der Waals surface area contributed by atoms with Crippen molar-refractivity contribution in [1.29, 1.82) is 0 Å². The normalized spacial score (nSPS) is 17.8. The lowest BCUT2D eigenvalue weighted by atomic mass is 9.79. The molecule has 1 aromatic heterocycles. The van der Waals surface area contributed by atoms with Gasteiger partial charge in [0.15, 0.2) is 5.15 Å². The van der Waals surface area contributed by atoms with E-state index in [1.165, 1.54) is 0 Å². The highest BCUT2D eigenvalue weighted by Gasteiger charge is 2.39. The molecule has 110 valence electrons. The minimum atomic E-state index is -0.604. The molecule has 2 rings (SSSR count). The smallest absolute Gasteiger partial charge is 0.232 e. The van der Waals surface area contributed by atoms with Crippen molar-refractivity contribution in [2.24, 2.45) is 11.1 Å². The van der Waals surface area contributed by atoms with Crippen LogP contribution in [-0.2, 0) is 9.53 Å². The van der Waals surface area contributed by atoms with E-state index in [1.54, 1.807) is 6.07 Å². The number of anilines is 1. The summed E-state index contributed by atoms with van der Waals surface area (Å²) >= 11 is 11.9. The molecule has 1 aromatic rings. The number of aromatic nitrogens is 1. The van der Waals surface area contributed by atoms with Gasteiger partial charge in [-0.15, -0.1) is 0 Å². The molecule has 1 fully saturated rings. The lowest BCUT2D eigenvalue weighted by Gasteiger charge is -2.34. The van der Waals surface area contributed by atoms with E-state index in [4.69, 9.17) is 33.7 Å². The van der Waals surface area contributed by atoms with E-state index in [2.05, 4.69) is 10.3 Å². The molecule has 7 heteroatoms. The molecule has 0 saturated carbocycles. The van der Waals surface area contributed by atoms with Gasteiger partial charge in [0.1, 0.15) is 5.15 Å². The van der Waals surface area contributed by atoms with Crippen LogP contribution in [0.15, 0.2) is 6.07 Å². The highest BCUT2D eigenvalue weighted by atomic mass is 35.5. The molecule has 0 unspecified atom stereocenters. The van der Waals surface area contributed by atoms with Gasteiger partial charge in [-0.1, -0.05) is 23.2 Å². The van der Waals surface area contributed by atoms with Crippen LogP contribution >= 0.6 is 23.2 Å². The summed E-state index contributed by atoms with van der Waals surface area (Å²) in [5.41, 5.74) is 6.46. The second-order valence-corrected chi connectivity index (χ2v) is 5.72. The second-order valence-electron chi connectivity index (χ2n) is 4.98. The summed E-state index contributed by atoms with van der Waals surface area (Å²) < 4.78 is 5.30. The van der Waals surface area contributed by atoms with Crippen LogP contribution in [0.4, 0.5) is 5.69 Å². The number of pyridine rings is 1. The van der Waals surface area contributed by atoms with Crippen molar-refractivity contribution < 1.29 is 9.53 Å². The second kappa shape index (κ2) is 6.26. The molecule has 0 radical (unpaired) electrons. The van der Waals surface area contributed by atoms with Crippen LogP contribution in [0.1, 0.15) is 18.4 Å². The molecule has 3 N–H and O–H groups in total. The molecule has 20 heavy (non-hydrogen) atoms. The molecular weight excluding hydrogens is 301 g/mol. The zero-order valence-corrected chi connectivity index (χ0v) is 12.7. The summed E-state index contributed by atoms with van der Waals surface area (Å²) in [5.74, 6) is -0.141. The van der Waals surface area contributed by atoms with Crippen LogP contribution in [0.2, 0.25) is 10.3 Å². The van der Waals surface area contributed by atoms with Crippen molar-refractivity contribution in [3.05, 3.63) is 21.9 Å². The molecule has 0 atom stereocenters. The Labute approximate surface area is 127 Å². The molecule has 0 spiro atoms. The van der Waals surface area contributed by atoms with E-state index in [9.17, 15) is 4.79 Å². The average molecular weight is 318 g/mol. The molecular formula is C13H17Cl2N3O2. The van der Waals surface area contributed by atoms with Gasteiger partial charge in [0.25, 0.3) is 0 Å². The number of halogens is 2. The van der Waals surface area contributed by atoms with E-state index >= 15 is 0 Å². The first-order valence-electron chi connectivity index (χ1n) is 6.40. The number of nitrogens with two attached hydrogens (primary N) is 1. The third-order valence-corrected chi connectivity index (χ3v) is 4.17. The van der Waals surface area contributed by atoms with Crippen LogP contribution in [0.25, 0.3) is 0 Å². The summed E-state index contributed by atoms with van der Waals surface area (Å²) in [6, 6.07) is 1.65. The maximum absolute atomic E-state index is 12.5. The van der Waals surface area contributed by atoms with Crippen LogP contribution in [0.3, 0.4) is 0 Å². The molecule has 2 heterocycles. The fourth-order valence-corrected chi connectivity index (χ4v) is 2.86. The van der Waals surface area contributed by atoms with Gasteiger partial charge >= 0.3 is 0 Å². The average Bonchev–Trinajstić information content (AvgIpc) is 2.43. The number of hydrogen-bond donors (Lipinski definition) is 2. The van der Waals surface area contributed by atoms with E-state index in [-0.39, 0.29) is 17.6 Å². The van der Waals surface area contributed by atoms with Gasteiger partial charge in [-0.3, -0.25) is 4.79 Å². The van der Waals surface area contributed by atoms with Crippen LogP contribution < -0.4 is 11.1 Å². The van der Waals surface area contributed by atoms with E-state index in [0.29, 0.717) is 36.9 Å². The minimum absolute atomic E-state index is 0.141. The molecule has 0 aliphatic carbocycles. The Morgan fingerprint density at radius 1 is 1.50 bits per heavy atom. The number of carbonyl (C=O) groups excluding carboxylic acids is 1. The summed E-state index contributed by atoms with van der Waals surface area (Å²) in [7, 11) is 0. The fraction of sp³-hybridized carbons (Fsp3) is 0.538. The summed E-state index contributed by atoms with van der Waals surface area (Å²) in [5, 5.41) is 3.32. The number of carbonyl (C=O) groups is 1. The van der Waals surface area contributed by atoms with Gasteiger partial charge in [0, 0.05) is 19.8 Å². The van der Waals surface area contributed by atoms with Gasteiger partial charge in [0.2, 0.25) is 5.91 Å². The van der Waals surface area contributed by atoms with Crippen LogP contribution in [0.5, 0.6) is 0 Å². The quantitative estimate of drug-likeness (QED) is 0.839. The van der Waals surface area contributed by atoms with Crippen molar-refractivity contribution in [3.8, 4) is 0 Å². The molecule has 1 amide bonds. The minimum Gasteiger partial charge on any atom is -0.381 e. The highest BCUT2D eigenvalue weighted by molar-refractivity contribution is 6.34. The van der Waals surface area contributed by atoms with Gasteiger partial charge in [-0.2, -0.15) is 0 Å². The first-order valence-corrected chi connectivity index (χ1v) is 7.16. The zero-order valence-electron chi connectivity index (χ0n) is 11.2. The number of aryl methyl sites for hydroxylation is 1. The predicted molar refractivity (Wildman–Crippen MR) is 79.2 cm³/mol. The van der Waals surface area contributed by atoms with Crippen molar-refractivity contribution in [3.63, 3.8) is 0 Å². The lowest BCUT2D eigenvalue weighted by molar-refractivity contribution is -0.130. The molecule has 0 bridgehead atoms. The molecule has 1 saturated heterocycles. The van der Waals surface area contributed by atoms with Crippen molar-refractivity contribution >= 4 is 34.8 Å². The predicted octanol–water partition coefficient (Wildman–Crippen LogP) is 2.39. The van der Waals surface area contributed by atoms with E-state index < -0.39 is 5.41 Å². The van der Waals surface area contributed by atoms with Crippen LogP contribution in [-0.4, -0.2) is 30.6 Å². The Balaban J connectivity index is 2.23. The van der Waals surface area contributed by atoms with Crippen molar-refractivity contribution in [1.82, 2.24) is 4.98 Å². The Bertz CT molecular complexity index is 493. The molecule has 1 aliphatic rings. The highest BCUT2D eigenvalue weighted by Crippen LogP contribution is 2.33. The number of ether oxygens (including phenoxy) is 1. The fourth-order valence-electron chi connectivity index (χ4n) is 2.28. The maximum atomic E-state index is 12.5. The first kappa shape index (κ1) is 15.5. The molecule has 5 nitrogen and oxygen atoms in total. The van der Waals surface area contributed by atoms with Gasteiger partial charge in [0.05, 0.1) is 11.1 Å². The SMILES string of the molecule is Cc1cc(Cl)nc(Cl)c1NC(=O)C1(CN)CCOCC1. The monoisotopic (exact) mass is 317 g/mol.